The number of thiophene rings is 1. The van der Waals surface area contributed by atoms with Crippen molar-refractivity contribution in [2.45, 2.75) is 19.8 Å². The Bertz CT molecular complexity index is 550. The zero-order valence-corrected chi connectivity index (χ0v) is 13.6. The number of nitrogens with two attached hydrogens (primary N) is 1. The maximum Gasteiger partial charge on any atom is 0.263 e. The van der Waals surface area contributed by atoms with Gasteiger partial charge in [0.2, 0.25) is 0 Å². The van der Waals surface area contributed by atoms with Crippen molar-refractivity contribution < 1.29 is 4.79 Å². The number of rotatable bonds is 4. The van der Waals surface area contributed by atoms with Crippen LogP contribution in [0.1, 0.15) is 33.0 Å². The first-order valence-corrected chi connectivity index (χ1v) is 8.20. The molecule has 114 valence electrons. The Morgan fingerprint density at radius 3 is 2.86 bits per heavy atom. The average Bonchev–Trinajstić information content (AvgIpc) is 3.11. The van der Waals surface area contributed by atoms with Gasteiger partial charge in [-0.1, -0.05) is 11.8 Å². The molecule has 1 saturated heterocycles. The number of likely N-dealkylation sites (N-methyl/N-ethyl adjacent to an activating group) is 1. The summed E-state index contributed by atoms with van der Waals surface area (Å²) >= 11 is 1.46. The summed E-state index contributed by atoms with van der Waals surface area (Å²) in [6.45, 7) is 6.40. The van der Waals surface area contributed by atoms with Gasteiger partial charge >= 0.3 is 0 Å². The molecule has 0 unspecified atom stereocenters. The van der Waals surface area contributed by atoms with E-state index in [4.69, 9.17) is 5.73 Å². The van der Waals surface area contributed by atoms with Crippen LogP contribution in [0.5, 0.6) is 0 Å². The lowest BCUT2D eigenvalue weighted by Gasteiger charge is -2.21. The molecule has 0 saturated carbocycles. The molecular weight excluding hydrogens is 282 g/mol. The average molecular weight is 305 g/mol. The molecule has 5 heteroatoms. The first kappa shape index (κ1) is 16.0. The van der Waals surface area contributed by atoms with Gasteiger partial charge in [0.25, 0.3) is 5.91 Å². The molecular formula is C16H23N3OS. The topological polar surface area (TPSA) is 49.6 Å². The molecule has 4 nitrogen and oxygen atoms in total. The normalized spacial score (nSPS) is 14.8. The highest BCUT2D eigenvalue weighted by atomic mass is 32.1. The predicted octanol–water partition coefficient (Wildman–Crippen LogP) is 1.53. The number of carbonyl (C=O) groups is 1. The van der Waals surface area contributed by atoms with Gasteiger partial charge in [-0.3, -0.25) is 4.79 Å². The minimum Gasteiger partial charge on any atom is -0.340 e. The number of amides is 1. The molecule has 0 aromatic carbocycles. The Morgan fingerprint density at radius 2 is 2.19 bits per heavy atom. The SMILES string of the molecule is Cc1cc(C(=O)N(C)CCN2CCCC2)sc1C#CCN. The Hall–Kier alpha value is -1.35. The largest absolute Gasteiger partial charge is 0.340 e. The second kappa shape index (κ2) is 7.60. The van der Waals surface area contributed by atoms with Gasteiger partial charge in [-0.15, -0.1) is 11.3 Å². The van der Waals surface area contributed by atoms with Crippen molar-refractivity contribution in [3.63, 3.8) is 0 Å². The van der Waals surface area contributed by atoms with Gasteiger partial charge in [-0.25, -0.2) is 0 Å². The van der Waals surface area contributed by atoms with Gasteiger partial charge in [0.15, 0.2) is 0 Å². The number of likely N-dealkylation sites (tertiary alicyclic amines) is 1. The number of carbonyl (C=O) groups excluding carboxylic acids is 1. The molecule has 1 fully saturated rings. The standard InChI is InChI=1S/C16H23N3OS/c1-13-12-15(21-14(13)6-5-7-17)16(20)18(2)10-11-19-8-3-4-9-19/h12H,3-4,7-11,17H2,1-2H3. The van der Waals surface area contributed by atoms with E-state index < -0.39 is 0 Å². The van der Waals surface area contributed by atoms with Gasteiger partial charge < -0.3 is 15.5 Å². The lowest BCUT2D eigenvalue weighted by molar-refractivity contribution is 0.0787. The molecule has 0 radical (unpaired) electrons. The smallest absolute Gasteiger partial charge is 0.263 e. The number of hydrogen-bond donors (Lipinski definition) is 1. The fourth-order valence-electron chi connectivity index (χ4n) is 2.43. The predicted molar refractivity (Wildman–Crippen MR) is 87.6 cm³/mol. The third-order valence-electron chi connectivity index (χ3n) is 3.73. The molecule has 2 N–H and O–H groups in total. The van der Waals surface area contributed by atoms with Crippen LogP contribution in [0.3, 0.4) is 0 Å². The van der Waals surface area contributed by atoms with Crippen LogP contribution in [0, 0.1) is 18.8 Å². The lowest BCUT2D eigenvalue weighted by Crippen LogP contribution is -2.34. The Kier molecular flexibility index (Phi) is 5.80. The van der Waals surface area contributed by atoms with Crippen molar-refractivity contribution in [1.82, 2.24) is 9.80 Å². The fraction of sp³-hybridized carbons (Fsp3) is 0.562. The monoisotopic (exact) mass is 305 g/mol. The summed E-state index contributed by atoms with van der Waals surface area (Å²) in [6.07, 6.45) is 2.57. The highest BCUT2D eigenvalue weighted by Gasteiger charge is 2.17. The van der Waals surface area contributed by atoms with Crippen molar-refractivity contribution in [2.24, 2.45) is 5.73 Å². The van der Waals surface area contributed by atoms with E-state index in [0.29, 0.717) is 6.54 Å². The molecule has 0 aliphatic carbocycles. The van der Waals surface area contributed by atoms with E-state index >= 15 is 0 Å². The Labute approximate surface area is 130 Å². The minimum atomic E-state index is 0.0862. The summed E-state index contributed by atoms with van der Waals surface area (Å²) in [6, 6.07) is 1.93. The number of aryl methyl sites for hydroxylation is 1. The van der Waals surface area contributed by atoms with E-state index in [1.807, 2.05) is 24.9 Å². The van der Waals surface area contributed by atoms with Crippen LogP contribution in [0.2, 0.25) is 0 Å². The van der Waals surface area contributed by atoms with Crippen LogP contribution in [0.4, 0.5) is 0 Å². The maximum atomic E-state index is 12.4. The van der Waals surface area contributed by atoms with Crippen LogP contribution < -0.4 is 5.73 Å². The first-order valence-electron chi connectivity index (χ1n) is 7.39. The summed E-state index contributed by atoms with van der Waals surface area (Å²) in [5, 5.41) is 0. The van der Waals surface area contributed by atoms with Crippen LogP contribution in [-0.4, -0.2) is 55.5 Å². The highest BCUT2D eigenvalue weighted by molar-refractivity contribution is 7.14. The summed E-state index contributed by atoms with van der Waals surface area (Å²) < 4.78 is 0. The lowest BCUT2D eigenvalue weighted by atomic mass is 10.2. The molecule has 1 aromatic heterocycles. The van der Waals surface area contributed by atoms with E-state index in [1.165, 1.54) is 37.3 Å². The van der Waals surface area contributed by atoms with Crippen molar-refractivity contribution in [2.75, 3.05) is 39.8 Å². The zero-order valence-electron chi connectivity index (χ0n) is 12.8. The van der Waals surface area contributed by atoms with Crippen LogP contribution in [0.25, 0.3) is 0 Å². The van der Waals surface area contributed by atoms with Crippen molar-refractivity contribution in [3.8, 4) is 11.8 Å². The minimum absolute atomic E-state index is 0.0862. The highest BCUT2D eigenvalue weighted by Crippen LogP contribution is 2.22. The second-order valence-corrected chi connectivity index (χ2v) is 6.46. The van der Waals surface area contributed by atoms with Crippen LogP contribution in [0.15, 0.2) is 6.07 Å². The van der Waals surface area contributed by atoms with Crippen molar-refractivity contribution in [1.29, 1.82) is 0 Å². The third kappa shape index (κ3) is 4.31. The third-order valence-corrected chi connectivity index (χ3v) is 4.87. The zero-order chi connectivity index (χ0) is 15.2. The maximum absolute atomic E-state index is 12.4. The Morgan fingerprint density at radius 1 is 1.48 bits per heavy atom. The summed E-state index contributed by atoms with van der Waals surface area (Å²) in [4.78, 5) is 18.4. The van der Waals surface area contributed by atoms with Crippen LogP contribution >= 0.6 is 11.3 Å². The van der Waals surface area contributed by atoms with Crippen molar-refractivity contribution >= 4 is 17.2 Å². The van der Waals surface area contributed by atoms with Gasteiger partial charge in [0, 0.05) is 20.1 Å². The molecule has 0 spiro atoms. The number of hydrogen-bond acceptors (Lipinski definition) is 4. The summed E-state index contributed by atoms with van der Waals surface area (Å²) in [5.41, 5.74) is 6.44. The first-order chi connectivity index (χ1) is 10.1. The second-order valence-electron chi connectivity index (χ2n) is 5.40. The molecule has 1 aliphatic rings. The molecule has 0 bridgehead atoms. The van der Waals surface area contributed by atoms with E-state index in [2.05, 4.69) is 16.7 Å². The summed E-state index contributed by atoms with van der Waals surface area (Å²) in [7, 11) is 1.87. The quantitative estimate of drug-likeness (QED) is 0.858. The van der Waals surface area contributed by atoms with Crippen LogP contribution in [-0.2, 0) is 0 Å². The molecule has 1 amide bonds. The van der Waals surface area contributed by atoms with Gasteiger partial charge in [0.05, 0.1) is 16.3 Å². The fourth-order valence-corrected chi connectivity index (χ4v) is 3.47. The number of nitrogens with zero attached hydrogens (tertiary/aromatic N) is 2. The van der Waals surface area contributed by atoms with Gasteiger partial charge in [-0.05, 0) is 44.5 Å². The van der Waals surface area contributed by atoms with Gasteiger partial charge in [-0.2, -0.15) is 0 Å². The van der Waals surface area contributed by atoms with E-state index in [1.54, 1.807) is 0 Å². The molecule has 1 aromatic rings. The molecule has 21 heavy (non-hydrogen) atoms. The Balaban J connectivity index is 1.95. The molecule has 1 aliphatic heterocycles. The molecule has 2 rings (SSSR count). The van der Waals surface area contributed by atoms with E-state index in [0.717, 1.165) is 28.4 Å². The molecule has 0 atom stereocenters. The molecule has 2 heterocycles. The van der Waals surface area contributed by atoms with E-state index in [9.17, 15) is 4.79 Å². The van der Waals surface area contributed by atoms with E-state index in [-0.39, 0.29) is 5.91 Å². The van der Waals surface area contributed by atoms with Gasteiger partial charge in [0.1, 0.15) is 0 Å². The summed E-state index contributed by atoms with van der Waals surface area (Å²) in [5.74, 6) is 5.96. The van der Waals surface area contributed by atoms with Crippen molar-refractivity contribution in [3.05, 3.63) is 21.4 Å².